The lowest BCUT2D eigenvalue weighted by molar-refractivity contribution is -0.118. The number of rotatable bonds is 5. The molecular formula is C12H13NO5S. The summed E-state index contributed by atoms with van der Waals surface area (Å²) < 4.78 is 23.8. The average molecular weight is 283 g/mol. The summed E-state index contributed by atoms with van der Waals surface area (Å²) in [6.45, 7) is 0. The molecule has 1 aromatic carbocycles. The van der Waals surface area contributed by atoms with Crippen molar-refractivity contribution in [3.05, 3.63) is 29.8 Å². The first-order valence-electron chi connectivity index (χ1n) is 5.74. The Morgan fingerprint density at radius 1 is 1.21 bits per heavy atom. The SMILES string of the molecule is O=C(CS(=O)(=O)c1ccc(C(=O)O)cc1)NC1CC1. The van der Waals surface area contributed by atoms with Crippen LogP contribution in [-0.4, -0.2) is 37.2 Å². The molecule has 0 spiro atoms. The number of carboxylic acid groups (broad SMARTS) is 1. The highest BCUT2D eigenvalue weighted by molar-refractivity contribution is 7.92. The lowest BCUT2D eigenvalue weighted by Crippen LogP contribution is -2.31. The van der Waals surface area contributed by atoms with Crippen molar-refractivity contribution in [1.82, 2.24) is 5.32 Å². The zero-order valence-electron chi connectivity index (χ0n) is 10.00. The molecule has 7 heteroatoms. The molecule has 6 nitrogen and oxygen atoms in total. The summed E-state index contributed by atoms with van der Waals surface area (Å²) in [6, 6.07) is 4.91. The number of hydrogen-bond donors (Lipinski definition) is 2. The summed E-state index contributed by atoms with van der Waals surface area (Å²) in [6.07, 6.45) is 1.78. The highest BCUT2D eigenvalue weighted by atomic mass is 32.2. The van der Waals surface area contributed by atoms with Crippen LogP contribution in [0.2, 0.25) is 0 Å². The van der Waals surface area contributed by atoms with Gasteiger partial charge in [0.15, 0.2) is 9.84 Å². The van der Waals surface area contributed by atoms with Gasteiger partial charge in [0.25, 0.3) is 0 Å². The fourth-order valence-electron chi connectivity index (χ4n) is 1.56. The largest absolute Gasteiger partial charge is 0.478 e. The number of aromatic carboxylic acids is 1. The van der Waals surface area contributed by atoms with Crippen LogP contribution in [-0.2, 0) is 14.6 Å². The second-order valence-corrected chi connectivity index (χ2v) is 6.42. The molecule has 1 aliphatic rings. The molecule has 1 saturated carbocycles. The van der Waals surface area contributed by atoms with E-state index in [0.29, 0.717) is 0 Å². The van der Waals surface area contributed by atoms with E-state index in [4.69, 9.17) is 5.11 Å². The fraction of sp³-hybridized carbons (Fsp3) is 0.333. The zero-order valence-corrected chi connectivity index (χ0v) is 10.8. The molecule has 0 saturated heterocycles. The number of amides is 1. The first-order valence-corrected chi connectivity index (χ1v) is 7.39. The van der Waals surface area contributed by atoms with E-state index in [1.54, 1.807) is 0 Å². The Bertz CT molecular complexity index is 602. The van der Waals surface area contributed by atoms with Gasteiger partial charge in [0, 0.05) is 6.04 Å². The van der Waals surface area contributed by atoms with Crippen LogP contribution in [0, 0.1) is 0 Å². The Morgan fingerprint density at radius 3 is 2.26 bits per heavy atom. The quantitative estimate of drug-likeness (QED) is 0.816. The molecule has 0 heterocycles. The van der Waals surface area contributed by atoms with E-state index in [-0.39, 0.29) is 16.5 Å². The van der Waals surface area contributed by atoms with E-state index >= 15 is 0 Å². The van der Waals surface area contributed by atoms with Gasteiger partial charge < -0.3 is 10.4 Å². The van der Waals surface area contributed by atoms with Gasteiger partial charge in [-0.25, -0.2) is 13.2 Å². The van der Waals surface area contributed by atoms with Gasteiger partial charge in [0.05, 0.1) is 10.5 Å². The van der Waals surface area contributed by atoms with Crippen LogP contribution in [0.5, 0.6) is 0 Å². The Hall–Kier alpha value is -1.89. The minimum atomic E-state index is -3.72. The number of hydrogen-bond acceptors (Lipinski definition) is 4. The summed E-state index contributed by atoms with van der Waals surface area (Å²) in [7, 11) is -3.72. The van der Waals surface area contributed by atoms with E-state index in [1.807, 2.05) is 0 Å². The predicted octanol–water partition coefficient (Wildman–Crippen LogP) is 0.437. The highest BCUT2D eigenvalue weighted by Gasteiger charge is 2.26. The minimum Gasteiger partial charge on any atom is -0.478 e. The molecule has 2 rings (SSSR count). The van der Waals surface area contributed by atoms with Crippen molar-refractivity contribution < 1.29 is 23.1 Å². The van der Waals surface area contributed by atoms with Crippen molar-refractivity contribution in [2.75, 3.05) is 5.75 Å². The number of carbonyl (C=O) groups is 2. The third-order valence-corrected chi connectivity index (χ3v) is 4.36. The van der Waals surface area contributed by atoms with E-state index in [1.165, 1.54) is 24.3 Å². The van der Waals surface area contributed by atoms with Crippen molar-refractivity contribution >= 4 is 21.7 Å². The first-order chi connectivity index (χ1) is 8.88. The summed E-state index contributed by atoms with van der Waals surface area (Å²) in [4.78, 5) is 22.1. The number of sulfone groups is 1. The first kappa shape index (κ1) is 13.5. The molecule has 2 N–H and O–H groups in total. The van der Waals surface area contributed by atoms with E-state index in [2.05, 4.69) is 5.32 Å². The maximum absolute atomic E-state index is 11.9. The lowest BCUT2D eigenvalue weighted by atomic mass is 10.2. The number of benzene rings is 1. The summed E-state index contributed by atoms with van der Waals surface area (Å²) in [5.74, 6) is -2.27. The second-order valence-electron chi connectivity index (χ2n) is 4.43. The topological polar surface area (TPSA) is 101 Å². The molecule has 19 heavy (non-hydrogen) atoms. The van der Waals surface area contributed by atoms with Gasteiger partial charge in [0.1, 0.15) is 5.75 Å². The van der Waals surface area contributed by atoms with Crippen LogP contribution >= 0.6 is 0 Å². The monoisotopic (exact) mass is 283 g/mol. The molecule has 102 valence electrons. The normalized spacial score (nSPS) is 14.9. The Balaban J connectivity index is 2.09. The van der Waals surface area contributed by atoms with Crippen LogP contribution < -0.4 is 5.32 Å². The summed E-state index contributed by atoms with van der Waals surface area (Å²) in [5.41, 5.74) is 0.00128. The fourth-order valence-corrected chi connectivity index (χ4v) is 2.70. The van der Waals surface area contributed by atoms with Crippen LogP contribution in [0.15, 0.2) is 29.2 Å². The van der Waals surface area contributed by atoms with Crippen LogP contribution in [0.4, 0.5) is 0 Å². The summed E-state index contributed by atoms with van der Waals surface area (Å²) >= 11 is 0. The van der Waals surface area contributed by atoms with Gasteiger partial charge in [-0.15, -0.1) is 0 Å². The number of carbonyl (C=O) groups excluding carboxylic acids is 1. The molecule has 1 aliphatic carbocycles. The van der Waals surface area contributed by atoms with Crippen molar-refractivity contribution in [3.8, 4) is 0 Å². The van der Waals surface area contributed by atoms with Crippen LogP contribution in [0.3, 0.4) is 0 Å². The highest BCUT2D eigenvalue weighted by Crippen LogP contribution is 2.19. The summed E-state index contributed by atoms with van der Waals surface area (Å²) in [5, 5.41) is 11.3. The molecule has 0 aromatic heterocycles. The smallest absolute Gasteiger partial charge is 0.335 e. The van der Waals surface area contributed by atoms with E-state index in [0.717, 1.165) is 12.8 Å². The molecular weight excluding hydrogens is 270 g/mol. The van der Waals surface area contributed by atoms with Crippen LogP contribution in [0.1, 0.15) is 23.2 Å². The molecule has 1 amide bonds. The number of carboxylic acids is 1. The van der Waals surface area contributed by atoms with Gasteiger partial charge >= 0.3 is 5.97 Å². The zero-order chi connectivity index (χ0) is 14.0. The van der Waals surface area contributed by atoms with E-state index in [9.17, 15) is 18.0 Å². The van der Waals surface area contributed by atoms with Crippen molar-refractivity contribution in [3.63, 3.8) is 0 Å². The Morgan fingerprint density at radius 2 is 1.79 bits per heavy atom. The predicted molar refractivity (Wildman–Crippen MR) is 66.6 cm³/mol. The van der Waals surface area contributed by atoms with Gasteiger partial charge in [-0.1, -0.05) is 0 Å². The third-order valence-electron chi connectivity index (χ3n) is 2.72. The Kier molecular flexibility index (Phi) is 3.57. The molecule has 0 atom stereocenters. The van der Waals surface area contributed by atoms with Gasteiger partial charge in [0.2, 0.25) is 5.91 Å². The van der Waals surface area contributed by atoms with Gasteiger partial charge in [-0.3, -0.25) is 4.79 Å². The van der Waals surface area contributed by atoms with Crippen molar-refractivity contribution in [1.29, 1.82) is 0 Å². The maximum Gasteiger partial charge on any atom is 0.335 e. The molecule has 0 aliphatic heterocycles. The van der Waals surface area contributed by atoms with Crippen molar-refractivity contribution in [2.45, 2.75) is 23.8 Å². The molecule has 0 unspecified atom stereocenters. The Labute approximate surface area is 110 Å². The standard InChI is InChI=1S/C12H13NO5S/c14-11(13-9-3-4-9)7-19(17,18)10-5-1-8(2-6-10)12(15)16/h1-2,5-6,9H,3-4,7H2,(H,13,14)(H,15,16). The molecule has 1 fully saturated rings. The number of nitrogens with one attached hydrogen (secondary N) is 1. The van der Waals surface area contributed by atoms with Gasteiger partial charge in [-0.05, 0) is 37.1 Å². The third kappa shape index (κ3) is 3.54. The van der Waals surface area contributed by atoms with E-state index < -0.39 is 27.5 Å². The van der Waals surface area contributed by atoms with Crippen LogP contribution in [0.25, 0.3) is 0 Å². The lowest BCUT2D eigenvalue weighted by Gasteiger charge is -2.05. The molecule has 0 bridgehead atoms. The molecule has 0 radical (unpaired) electrons. The molecule has 1 aromatic rings. The van der Waals surface area contributed by atoms with Crippen molar-refractivity contribution in [2.24, 2.45) is 0 Å². The second kappa shape index (κ2) is 5.00. The minimum absolute atomic E-state index is 0.00128. The van der Waals surface area contributed by atoms with Gasteiger partial charge in [-0.2, -0.15) is 0 Å². The maximum atomic E-state index is 11.9. The average Bonchev–Trinajstić information content (AvgIpc) is 3.12.